The molecule has 1 aliphatic rings. The van der Waals surface area contributed by atoms with Crippen molar-refractivity contribution in [3.63, 3.8) is 0 Å². The molecule has 2 heterocycles. The van der Waals surface area contributed by atoms with E-state index in [4.69, 9.17) is 0 Å². The highest BCUT2D eigenvalue weighted by molar-refractivity contribution is 8.14. The van der Waals surface area contributed by atoms with Crippen LogP contribution in [0.5, 0.6) is 0 Å². The molecule has 0 amide bonds. The van der Waals surface area contributed by atoms with Crippen LogP contribution in [-0.4, -0.2) is 27.4 Å². The zero-order chi connectivity index (χ0) is 9.80. The lowest BCUT2D eigenvalue weighted by Gasteiger charge is -2.17. The Kier molecular flexibility index (Phi) is 2.98. The highest BCUT2D eigenvalue weighted by atomic mass is 32.2. The molecule has 4 nitrogen and oxygen atoms in total. The fraction of sp³-hybridized carbons (Fsp3) is 0.444. The summed E-state index contributed by atoms with van der Waals surface area (Å²) in [7, 11) is 0. The third kappa shape index (κ3) is 2.45. The zero-order valence-corrected chi connectivity index (χ0v) is 8.79. The molecule has 1 aliphatic heterocycles. The molecule has 1 aromatic heterocycles. The third-order valence-electron chi connectivity index (χ3n) is 1.86. The van der Waals surface area contributed by atoms with Crippen molar-refractivity contribution in [3.05, 3.63) is 18.7 Å². The molecule has 0 fully saturated rings. The van der Waals surface area contributed by atoms with E-state index in [2.05, 4.69) is 27.2 Å². The summed E-state index contributed by atoms with van der Waals surface area (Å²) in [4.78, 5) is 12.3. The smallest absolute Gasteiger partial charge is 0.161 e. The first-order valence-corrected chi connectivity index (χ1v) is 5.52. The fourth-order valence-electron chi connectivity index (χ4n) is 1.12. The summed E-state index contributed by atoms with van der Waals surface area (Å²) in [5, 5.41) is 4.16. The van der Waals surface area contributed by atoms with Crippen molar-refractivity contribution < 1.29 is 0 Å². The number of hydrogen-bond donors (Lipinski definition) is 1. The zero-order valence-electron chi connectivity index (χ0n) is 7.97. The van der Waals surface area contributed by atoms with Crippen LogP contribution in [0.3, 0.4) is 0 Å². The van der Waals surface area contributed by atoms with Crippen molar-refractivity contribution in [1.29, 1.82) is 0 Å². The molecule has 5 heteroatoms. The SMILES string of the molecule is CC1CN=C(Nc2cncnc2)SC1. The topological polar surface area (TPSA) is 50.2 Å². The Bertz CT molecular complexity index is 325. The van der Waals surface area contributed by atoms with Gasteiger partial charge in [0.1, 0.15) is 6.33 Å². The van der Waals surface area contributed by atoms with E-state index in [1.807, 2.05) is 0 Å². The fourth-order valence-corrected chi connectivity index (χ4v) is 2.02. The summed E-state index contributed by atoms with van der Waals surface area (Å²) in [5.41, 5.74) is 0.897. The molecule has 0 saturated heterocycles. The van der Waals surface area contributed by atoms with Crippen LogP contribution in [0.2, 0.25) is 0 Å². The third-order valence-corrected chi connectivity index (χ3v) is 3.10. The maximum atomic E-state index is 4.42. The van der Waals surface area contributed by atoms with Crippen LogP contribution in [0.1, 0.15) is 6.92 Å². The summed E-state index contributed by atoms with van der Waals surface area (Å²) >= 11 is 1.75. The highest BCUT2D eigenvalue weighted by Gasteiger charge is 2.11. The van der Waals surface area contributed by atoms with Crippen LogP contribution in [0.15, 0.2) is 23.7 Å². The Hall–Kier alpha value is -1.10. The first kappa shape index (κ1) is 9.45. The number of rotatable bonds is 1. The van der Waals surface area contributed by atoms with Crippen molar-refractivity contribution in [2.24, 2.45) is 10.9 Å². The largest absolute Gasteiger partial charge is 0.332 e. The van der Waals surface area contributed by atoms with Gasteiger partial charge in [0.15, 0.2) is 5.17 Å². The summed E-state index contributed by atoms with van der Waals surface area (Å²) in [5.74, 6) is 1.80. The monoisotopic (exact) mass is 208 g/mol. The Morgan fingerprint density at radius 1 is 1.43 bits per heavy atom. The van der Waals surface area contributed by atoms with Gasteiger partial charge in [-0.3, -0.25) is 4.99 Å². The summed E-state index contributed by atoms with van der Waals surface area (Å²) in [6.45, 7) is 3.11. The Morgan fingerprint density at radius 2 is 2.21 bits per heavy atom. The van der Waals surface area contributed by atoms with Crippen molar-refractivity contribution in [1.82, 2.24) is 9.97 Å². The van der Waals surface area contributed by atoms with Gasteiger partial charge in [0, 0.05) is 12.3 Å². The van der Waals surface area contributed by atoms with Gasteiger partial charge >= 0.3 is 0 Å². The van der Waals surface area contributed by atoms with Gasteiger partial charge in [0.25, 0.3) is 0 Å². The van der Waals surface area contributed by atoms with E-state index in [9.17, 15) is 0 Å². The minimum Gasteiger partial charge on any atom is -0.332 e. The molecule has 0 aliphatic carbocycles. The molecule has 0 radical (unpaired) electrons. The predicted molar refractivity (Wildman–Crippen MR) is 59.6 cm³/mol. The van der Waals surface area contributed by atoms with Crippen LogP contribution in [0.25, 0.3) is 0 Å². The van der Waals surface area contributed by atoms with Gasteiger partial charge in [-0.25, -0.2) is 9.97 Å². The molecule has 0 spiro atoms. The average molecular weight is 208 g/mol. The van der Waals surface area contributed by atoms with E-state index in [0.717, 1.165) is 23.2 Å². The summed E-state index contributed by atoms with van der Waals surface area (Å²) in [6.07, 6.45) is 5.01. The second-order valence-electron chi connectivity index (χ2n) is 3.31. The molecule has 1 aromatic rings. The van der Waals surface area contributed by atoms with Gasteiger partial charge in [-0.05, 0) is 5.92 Å². The van der Waals surface area contributed by atoms with Crippen molar-refractivity contribution in [2.45, 2.75) is 6.92 Å². The van der Waals surface area contributed by atoms with E-state index in [1.54, 1.807) is 24.2 Å². The van der Waals surface area contributed by atoms with Gasteiger partial charge in [-0.15, -0.1) is 0 Å². The summed E-state index contributed by atoms with van der Waals surface area (Å²) < 4.78 is 0. The van der Waals surface area contributed by atoms with Crippen LogP contribution < -0.4 is 5.32 Å². The number of aliphatic imine (C=N–C) groups is 1. The first-order chi connectivity index (χ1) is 6.84. The van der Waals surface area contributed by atoms with Crippen LogP contribution in [-0.2, 0) is 0 Å². The normalized spacial score (nSPS) is 21.5. The van der Waals surface area contributed by atoms with Gasteiger partial charge in [-0.1, -0.05) is 18.7 Å². The van der Waals surface area contributed by atoms with Gasteiger partial charge in [0.2, 0.25) is 0 Å². The second-order valence-corrected chi connectivity index (χ2v) is 4.32. The number of hydrogen-bond acceptors (Lipinski definition) is 5. The lowest BCUT2D eigenvalue weighted by Crippen LogP contribution is -2.18. The summed E-state index contributed by atoms with van der Waals surface area (Å²) in [6, 6.07) is 0. The Balaban J connectivity index is 1.99. The molecule has 1 atom stereocenters. The van der Waals surface area contributed by atoms with Gasteiger partial charge in [0.05, 0.1) is 18.1 Å². The van der Waals surface area contributed by atoms with E-state index in [0.29, 0.717) is 5.92 Å². The number of nitrogens with zero attached hydrogens (tertiary/aromatic N) is 3. The second kappa shape index (κ2) is 4.41. The maximum Gasteiger partial charge on any atom is 0.161 e. The van der Waals surface area contributed by atoms with E-state index in [-0.39, 0.29) is 0 Å². The lowest BCUT2D eigenvalue weighted by molar-refractivity contribution is 0.674. The molecule has 1 N–H and O–H groups in total. The van der Waals surface area contributed by atoms with Gasteiger partial charge < -0.3 is 5.32 Å². The van der Waals surface area contributed by atoms with Crippen molar-refractivity contribution in [3.8, 4) is 0 Å². The first-order valence-electron chi connectivity index (χ1n) is 4.54. The molecule has 0 saturated carbocycles. The minimum atomic E-state index is 0.678. The van der Waals surface area contributed by atoms with Crippen molar-refractivity contribution >= 4 is 22.6 Å². The molecular weight excluding hydrogens is 196 g/mol. The number of nitrogens with one attached hydrogen (secondary N) is 1. The van der Waals surface area contributed by atoms with Crippen LogP contribution in [0, 0.1) is 5.92 Å². The average Bonchev–Trinajstić information content (AvgIpc) is 2.23. The molecule has 74 valence electrons. The van der Waals surface area contributed by atoms with Crippen LogP contribution in [0.4, 0.5) is 5.69 Å². The number of thioether (sulfide) groups is 1. The molecule has 0 bridgehead atoms. The molecule has 1 unspecified atom stereocenters. The molecule has 0 aromatic carbocycles. The lowest BCUT2D eigenvalue weighted by atomic mass is 10.2. The van der Waals surface area contributed by atoms with Crippen LogP contribution >= 0.6 is 11.8 Å². The van der Waals surface area contributed by atoms with E-state index >= 15 is 0 Å². The molecular formula is C9H12N4S. The minimum absolute atomic E-state index is 0.678. The van der Waals surface area contributed by atoms with Gasteiger partial charge in [-0.2, -0.15) is 0 Å². The maximum absolute atomic E-state index is 4.42. The standard InChI is InChI=1S/C9H12N4S/c1-7-2-12-9(14-5-7)13-8-3-10-6-11-4-8/h3-4,6-7H,2,5H2,1H3,(H,12,13). The Morgan fingerprint density at radius 3 is 2.86 bits per heavy atom. The molecule has 14 heavy (non-hydrogen) atoms. The van der Waals surface area contributed by atoms with E-state index < -0.39 is 0 Å². The number of amidine groups is 1. The van der Waals surface area contributed by atoms with E-state index in [1.165, 1.54) is 6.33 Å². The quantitative estimate of drug-likeness (QED) is 0.762. The highest BCUT2D eigenvalue weighted by Crippen LogP contribution is 2.18. The number of anilines is 1. The molecule has 2 rings (SSSR count). The van der Waals surface area contributed by atoms with Crippen molar-refractivity contribution in [2.75, 3.05) is 17.6 Å². The Labute approximate surface area is 87.3 Å². The number of aromatic nitrogens is 2. The predicted octanol–water partition coefficient (Wildman–Crippen LogP) is 1.63.